The largest absolute Gasteiger partial charge is 0.387 e. The lowest BCUT2D eigenvalue weighted by molar-refractivity contribution is 0.186. The molecule has 0 amide bonds. The van der Waals surface area contributed by atoms with Crippen LogP contribution in [0.4, 0.5) is 4.39 Å². The molecule has 0 aromatic heterocycles. The molecule has 0 aliphatic carbocycles. The van der Waals surface area contributed by atoms with Crippen molar-refractivity contribution in [2.24, 2.45) is 5.73 Å². The van der Waals surface area contributed by atoms with Crippen LogP contribution in [0, 0.1) is 5.82 Å². The van der Waals surface area contributed by atoms with Crippen LogP contribution in [0.5, 0.6) is 0 Å². The van der Waals surface area contributed by atoms with Crippen LogP contribution in [0.2, 0.25) is 0 Å². The third kappa shape index (κ3) is 2.77. The van der Waals surface area contributed by atoms with Crippen molar-refractivity contribution in [1.29, 1.82) is 0 Å². The minimum Gasteiger partial charge on any atom is -0.387 e. The minimum absolute atomic E-state index is 0. The van der Waals surface area contributed by atoms with Gasteiger partial charge in [0.1, 0.15) is 5.82 Å². The quantitative estimate of drug-likeness (QED) is 0.739. The summed E-state index contributed by atoms with van der Waals surface area (Å²) in [6, 6.07) is 5.79. The summed E-state index contributed by atoms with van der Waals surface area (Å²) in [5.41, 5.74) is 5.70. The first-order valence-corrected chi connectivity index (χ1v) is 3.37. The van der Waals surface area contributed by atoms with E-state index in [1.165, 1.54) is 12.1 Å². The molecule has 68 valence electrons. The highest BCUT2D eigenvalue weighted by molar-refractivity contribution is 5.85. The molecule has 0 fully saturated rings. The summed E-state index contributed by atoms with van der Waals surface area (Å²) < 4.78 is 12.5. The maximum Gasteiger partial charge on any atom is 0.123 e. The number of aliphatic hydroxyl groups is 1. The van der Waals surface area contributed by atoms with Gasteiger partial charge in [-0.05, 0) is 17.7 Å². The molecule has 1 aromatic carbocycles. The number of benzene rings is 1. The van der Waals surface area contributed by atoms with Crippen LogP contribution >= 0.6 is 12.4 Å². The Morgan fingerprint density at radius 2 is 2.17 bits per heavy atom. The molecule has 0 bridgehead atoms. The van der Waals surface area contributed by atoms with E-state index in [-0.39, 0.29) is 24.8 Å². The third-order valence-corrected chi connectivity index (χ3v) is 1.46. The highest BCUT2D eigenvalue weighted by Gasteiger charge is 2.04. The van der Waals surface area contributed by atoms with E-state index < -0.39 is 6.10 Å². The summed E-state index contributed by atoms with van der Waals surface area (Å²) in [5, 5.41) is 9.16. The lowest BCUT2D eigenvalue weighted by atomic mass is 10.1. The lowest BCUT2D eigenvalue weighted by Gasteiger charge is -2.06. The molecule has 1 atom stereocenters. The van der Waals surface area contributed by atoms with Gasteiger partial charge in [-0.3, -0.25) is 0 Å². The van der Waals surface area contributed by atoms with Crippen LogP contribution in [-0.4, -0.2) is 11.7 Å². The predicted molar refractivity (Wildman–Crippen MR) is 47.7 cm³/mol. The Hall–Kier alpha value is -0.640. The van der Waals surface area contributed by atoms with E-state index in [4.69, 9.17) is 10.8 Å². The molecule has 0 aliphatic heterocycles. The van der Waals surface area contributed by atoms with Gasteiger partial charge in [-0.2, -0.15) is 0 Å². The fourth-order valence-electron chi connectivity index (χ4n) is 0.850. The van der Waals surface area contributed by atoms with Crippen LogP contribution in [0.1, 0.15) is 11.7 Å². The van der Waals surface area contributed by atoms with Crippen molar-refractivity contribution in [3.8, 4) is 0 Å². The average Bonchev–Trinajstić information content (AvgIpc) is 2.03. The molecular weight excluding hydrogens is 181 g/mol. The fourth-order valence-corrected chi connectivity index (χ4v) is 0.850. The lowest BCUT2D eigenvalue weighted by Crippen LogP contribution is -2.11. The molecule has 3 N–H and O–H groups in total. The van der Waals surface area contributed by atoms with Gasteiger partial charge >= 0.3 is 0 Å². The van der Waals surface area contributed by atoms with Crippen molar-refractivity contribution in [3.05, 3.63) is 35.6 Å². The third-order valence-electron chi connectivity index (χ3n) is 1.46. The minimum atomic E-state index is -0.759. The molecule has 1 unspecified atom stereocenters. The molecule has 0 radical (unpaired) electrons. The van der Waals surface area contributed by atoms with Gasteiger partial charge in [0.15, 0.2) is 0 Å². The summed E-state index contributed by atoms with van der Waals surface area (Å²) in [5.74, 6) is -0.352. The number of hydrogen-bond acceptors (Lipinski definition) is 2. The zero-order valence-electron chi connectivity index (χ0n) is 6.40. The molecule has 0 spiro atoms. The summed E-state index contributed by atoms with van der Waals surface area (Å²) in [4.78, 5) is 0. The second-order valence-electron chi connectivity index (χ2n) is 2.31. The second-order valence-corrected chi connectivity index (χ2v) is 2.31. The number of rotatable bonds is 2. The summed E-state index contributed by atoms with van der Waals surface area (Å²) in [6.45, 7) is 0.115. The highest BCUT2D eigenvalue weighted by atomic mass is 35.5. The van der Waals surface area contributed by atoms with Crippen molar-refractivity contribution < 1.29 is 9.50 Å². The first-order chi connectivity index (χ1) is 5.24. The van der Waals surface area contributed by atoms with Gasteiger partial charge in [0.2, 0.25) is 0 Å². The smallest absolute Gasteiger partial charge is 0.123 e. The van der Waals surface area contributed by atoms with Gasteiger partial charge < -0.3 is 10.8 Å². The zero-order valence-corrected chi connectivity index (χ0v) is 7.22. The molecule has 4 heteroatoms. The molecule has 0 aliphatic rings. The van der Waals surface area contributed by atoms with Gasteiger partial charge in [-0.15, -0.1) is 12.4 Å². The average molecular weight is 192 g/mol. The van der Waals surface area contributed by atoms with Crippen LogP contribution in [0.3, 0.4) is 0 Å². The SMILES string of the molecule is Cl.NCC(O)c1cccc(F)c1. The number of halogens is 2. The Balaban J connectivity index is 0.00000121. The number of nitrogens with two attached hydrogens (primary N) is 1. The number of aliphatic hydroxyl groups excluding tert-OH is 1. The van der Waals surface area contributed by atoms with E-state index in [0.29, 0.717) is 5.56 Å². The maximum absolute atomic E-state index is 12.5. The Kier molecular flexibility index (Phi) is 4.81. The summed E-state index contributed by atoms with van der Waals surface area (Å²) >= 11 is 0. The van der Waals surface area contributed by atoms with Gasteiger partial charge in [-0.1, -0.05) is 12.1 Å². The van der Waals surface area contributed by atoms with Crippen molar-refractivity contribution in [1.82, 2.24) is 0 Å². The van der Waals surface area contributed by atoms with Crippen molar-refractivity contribution in [3.63, 3.8) is 0 Å². The van der Waals surface area contributed by atoms with E-state index in [2.05, 4.69) is 0 Å². The van der Waals surface area contributed by atoms with Gasteiger partial charge in [0.25, 0.3) is 0 Å². The molecule has 0 saturated carbocycles. The first-order valence-electron chi connectivity index (χ1n) is 3.37. The maximum atomic E-state index is 12.5. The normalized spacial score (nSPS) is 11.9. The van der Waals surface area contributed by atoms with Gasteiger partial charge in [0, 0.05) is 6.54 Å². The van der Waals surface area contributed by atoms with Gasteiger partial charge in [-0.25, -0.2) is 4.39 Å². The van der Waals surface area contributed by atoms with Crippen molar-refractivity contribution in [2.45, 2.75) is 6.10 Å². The number of hydrogen-bond donors (Lipinski definition) is 2. The molecule has 12 heavy (non-hydrogen) atoms. The van der Waals surface area contributed by atoms with E-state index in [9.17, 15) is 4.39 Å². The Morgan fingerprint density at radius 1 is 1.50 bits per heavy atom. The molecular formula is C8H11ClFNO. The second kappa shape index (κ2) is 5.09. The van der Waals surface area contributed by atoms with Gasteiger partial charge in [0.05, 0.1) is 6.10 Å². The Bertz CT molecular complexity index is 244. The highest BCUT2D eigenvalue weighted by Crippen LogP contribution is 2.11. The first kappa shape index (κ1) is 11.4. The summed E-state index contributed by atoms with van der Waals surface area (Å²) in [6.07, 6.45) is -0.759. The molecule has 1 rings (SSSR count). The summed E-state index contributed by atoms with van der Waals surface area (Å²) in [7, 11) is 0. The monoisotopic (exact) mass is 191 g/mol. The van der Waals surface area contributed by atoms with Crippen LogP contribution in [0.25, 0.3) is 0 Å². The van der Waals surface area contributed by atoms with Crippen LogP contribution in [0.15, 0.2) is 24.3 Å². The molecule has 0 saturated heterocycles. The van der Waals surface area contributed by atoms with Crippen molar-refractivity contribution in [2.75, 3.05) is 6.54 Å². The van der Waals surface area contributed by atoms with Crippen LogP contribution < -0.4 is 5.73 Å². The molecule has 2 nitrogen and oxygen atoms in total. The zero-order chi connectivity index (χ0) is 8.27. The topological polar surface area (TPSA) is 46.2 Å². The van der Waals surface area contributed by atoms with Crippen LogP contribution in [-0.2, 0) is 0 Å². The standard InChI is InChI=1S/C8H10FNO.ClH/c9-7-3-1-2-6(4-7)8(11)5-10;/h1-4,8,11H,5,10H2;1H. The molecule has 0 heterocycles. The van der Waals surface area contributed by atoms with E-state index >= 15 is 0 Å². The predicted octanol–water partition coefficient (Wildman–Crippen LogP) is 1.24. The van der Waals surface area contributed by atoms with E-state index in [1.807, 2.05) is 0 Å². The molecule has 1 aromatic rings. The fraction of sp³-hybridized carbons (Fsp3) is 0.250. The Morgan fingerprint density at radius 3 is 2.67 bits per heavy atom. The van der Waals surface area contributed by atoms with E-state index in [1.54, 1.807) is 12.1 Å². The Labute approximate surface area is 76.6 Å². The van der Waals surface area contributed by atoms with Crippen molar-refractivity contribution >= 4 is 12.4 Å². The van der Waals surface area contributed by atoms with E-state index in [0.717, 1.165) is 0 Å².